The van der Waals surface area contributed by atoms with E-state index in [9.17, 15) is 4.79 Å². The van der Waals surface area contributed by atoms with Gasteiger partial charge in [-0.1, -0.05) is 29.8 Å². The Labute approximate surface area is 155 Å². The molecule has 1 aromatic heterocycles. The first kappa shape index (κ1) is 15.7. The van der Waals surface area contributed by atoms with Gasteiger partial charge >= 0.3 is 0 Å². The lowest BCUT2D eigenvalue weighted by atomic mass is 10.2. The molecule has 0 aliphatic carbocycles. The summed E-state index contributed by atoms with van der Waals surface area (Å²) in [6.45, 7) is 1.01. The van der Waals surface area contributed by atoms with Crippen molar-refractivity contribution in [2.45, 2.75) is 0 Å². The molecular formula is C17H11BrClNO3S. The Morgan fingerprint density at radius 2 is 1.88 bits per heavy atom. The van der Waals surface area contributed by atoms with Gasteiger partial charge in [-0.3, -0.25) is 4.79 Å². The van der Waals surface area contributed by atoms with Crippen molar-refractivity contribution in [3.8, 4) is 11.5 Å². The van der Waals surface area contributed by atoms with Crippen LogP contribution in [0.25, 0.3) is 10.1 Å². The number of hydrogen-bond acceptors (Lipinski definition) is 4. The van der Waals surface area contributed by atoms with Gasteiger partial charge in [-0.2, -0.15) is 0 Å². The molecule has 0 saturated heterocycles. The average Bonchev–Trinajstić information content (AvgIpc) is 2.93. The molecule has 2 aromatic carbocycles. The Kier molecular flexibility index (Phi) is 4.12. The molecule has 0 fully saturated rings. The van der Waals surface area contributed by atoms with E-state index in [1.807, 2.05) is 24.3 Å². The van der Waals surface area contributed by atoms with E-state index in [1.54, 1.807) is 12.1 Å². The smallest absolute Gasteiger partial charge is 0.267 e. The summed E-state index contributed by atoms with van der Waals surface area (Å²) in [6.07, 6.45) is 0. The zero-order valence-corrected chi connectivity index (χ0v) is 15.4. The summed E-state index contributed by atoms with van der Waals surface area (Å²) in [5.41, 5.74) is 0.609. The highest BCUT2D eigenvalue weighted by molar-refractivity contribution is 9.10. The fraction of sp³-hybridized carbons (Fsp3) is 0.118. The SMILES string of the molecule is O=C(Nc1cc2c(cc1Br)OCCO2)c1sc2ccccc2c1Cl. The van der Waals surface area contributed by atoms with E-state index < -0.39 is 0 Å². The average molecular weight is 425 g/mol. The number of anilines is 1. The third kappa shape index (κ3) is 2.75. The van der Waals surface area contributed by atoms with Gasteiger partial charge in [0.25, 0.3) is 5.91 Å². The molecule has 24 heavy (non-hydrogen) atoms. The van der Waals surface area contributed by atoms with Crippen LogP contribution in [0.3, 0.4) is 0 Å². The molecule has 0 atom stereocenters. The summed E-state index contributed by atoms with van der Waals surface area (Å²) in [5.74, 6) is 1.02. The van der Waals surface area contributed by atoms with Gasteiger partial charge < -0.3 is 14.8 Å². The monoisotopic (exact) mass is 423 g/mol. The second-order valence-corrected chi connectivity index (χ2v) is 7.46. The first-order valence-electron chi connectivity index (χ1n) is 7.21. The van der Waals surface area contributed by atoms with Gasteiger partial charge in [0.2, 0.25) is 0 Å². The number of rotatable bonds is 2. The van der Waals surface area contributed by atoms with Crippen LogP contribution in [0.4, 0.5) is 5.69 Å². The summed E-state index contributed by atoms with van der Waals surface area (Å²) in [5, 5.41) is 4.24. The van der Waals surface area contributed by atoms with E-state index in [2.05, 4.69) is 21.2 Å². The maximum atomic E-state index is 12.6. The second-order valence-electron chi connectivity index (χ2n) is 5.17. The molecule has 4 nitrogen and oxygen atoms in total. The quantitative estimate of drug-likeness (QED) is 0.604. The van der Waals surface area contributed by atoms with Crippen molar-refractivity contribution in [3.05, 3.63) is 50.8 Å². The molecule has 0 saturated carbocycles. The van der Waals surface area contributed by atoms with Crippen LogP contribution in [0.1, 0.15) is 9.67 Å². The maximum absolute atomic E-state index is 12.6. The van der Waals surface area contributed by atoms with E-state index >= 15 is 0 Å². The van der Waals surface area contributed by atoms with Gasteiger partial charge in [0, 0.05) is 26.7 Å². The Balaban J connectivity index is 1.67. The topological polar surface area (TPSA) is 47.6 Å². The van der Waals surface area contributed by atoms with Crippen LogP contribution in [-0.4, -0.2) is 19.1 Å². The van der Waals surface area contributed by atoms with E-state index in [1.165, 1.54) is 11.3 Å². The highest BCUT2D eigenvalue weighted by Crippen LogP contribution is 2.39. The molecule has 2 heterocycles. The number of nitrogens with one attached hydrogen (secondary N) is 1. The number of benzene rings is 2. The number of halogens is 2. The Morgan fingerprint density at radius 1 is 1.17 bits per heavy atom. The van der Waals surface area contributed by atoms with E-state index in [4.69, 9.17) is 21.1 Å². The Bertz CT molecular complexity index is 956. The number of amides is 1. The van der Waals surface area contributed by atoms with Gasteiger partial charge in [0.1, 0.15) is 18.1 Å². The minimum absolute atomic E-state index is 0.251. The number of ether oxygens (including phenoxy) is 2. The molecule has 7 heteroatoms. The summed E-state index contributed by atoms with van der Waals surface area (Å²) >= 11 is 11.2. The van der Waals surface area contributed by atoms with Crippen LogP contribution in [0, 0.1) is 0 Å². The molecule has 4 rings (SSSR count). The molecule has 0 bridgehead atoms. The van der Waals surface area contributed by atoms with Crippen LogP contribution in [0.2, 0.25) is 5.02 Å². The number of thiophene rings is 1. The predicted molar refractivity (Wildman–Crippen MR) is 99.9 cm³/mol. The van der Waals surface area contributed by atoms with Crippen LogP contribution < -0.4 is 14.8 Å². The molecule has 0 radical (unpaired) electrons. The van der Waals surface area contributed by atoms with Crippen molar-refractivity contribution < 1.29 is 14.3 Å². The normalized spacial score (nSPS) is 13.1. The third-order valence-electron chi connectivity index (χ3n) is 3.62. The molecule has 1 aliphatic heterocycles. The first-order valence-corrected chi connectivity index (χ1v) is 9.20. The van der Waals surface area contributed by atoms with E-state index in [0.717, 1.165) is 14.6 Å². The minimum atomic E-state index is -0.251. The fourth-order valence-electron chi connectivity index (χ4n) is 2.50. The summed E-state index contributed by atoms with van der Waals surface area (Å²) in [4.78, 5) is 13.1. The molecule has 0 spiro atoms. The Morgan fingerprint density at radius 3 is 2.62 bits per heavy atom. The minimum Gasteiger partial charge on any atom is -0.486 e. The predicted octanol–water partition coefficient (Wildman–Crippen LogP) is 5.34. The standard InChI is InChI=1S/C17H11BrClNO3S/c18-10-7-12-13(23-6-5-22-12)8-11(10)20-17(21)16-15(19)9-3-1-2-4-14(9)24-16/h1-4,7-8H,5-6H2,(H,20,21). The van der Waals surface area contributed by atoms with Crippen molar-refractivity contribution in [1.82, 2.24) is 0 Å². The van der Waals surface area contributed by atoms with Crippen LogP contribution in [-0.2, 0) is 0 Å². The molecule has 122 valence electrons. The number of carbonyl (C=O) groups excluding carboxylic acids is 1. The first-order chi connectivity index (χ1) is 11.6. The highest BCUT2D eigenvalue weighted by Gasteiger charge is 2.20. The van der Waals surface area contributed by atoms with Gasteiger partial charge in [-0.05, 0) is 22.0 Å². The largest absolute Gasteiger partial charge is 0.486 e. The Hall–Kier alpha value is -1.76. The molecule has 3 aromatic rings. The summed E-state index contributed by atoms with van der Waals surface area (Å²) < 4.78 is 12.8. The summed E-state index contributed by atoms with van der Waals surface area (Å²) in [6, 6.07) is 11.2. The number of carbonyl (C=O) groups is 1. The van der Waals surface area contributed by atoms with Crippen LogP contribution in [0.5, 0.6) is 11.5 Å². The molecule has 1 amide bonds. The lowest BCUT2D eigenvalue weighted by Gasteiger charge is -2.20. The van der Waals surface area contributed by atoms with Crippen LogP contribution in [0.15, 0.2) is 40.9 Å². The number of hydrogen-bond donors (Lipinski definition) is 1. The molecular weight excluding hydrogens is 414 g/mol. The molecule has 0 unspecified atom stereocenters. The molecule has 1 aliphatic rings. The van der Waals surface area contributed by atoms with Crippen molar-refractivity contribution >= 4 is 60.5 Å². The van der Waals surface area contributed by atoms with Gasteiger partial charge in [-0.15, -0.1) is 11.3 Å². The zero-order valence-electron chi connectivity index (χ0n) is 12.3. The van der Waals surface area contributed by atoms with Crippen LogP contribution >= 0.6 is 38.9 Å². The lowest BCUT2D eigenvalue weighted by molar-refractivity contribution is 0.103. The van der Waals surface area contributed by atoms with E-state index in [0.29, 0.717) is 40.3 Å². The van der Waals surface area contributed by atoms with Gasteiger partial charge in [0.05, 0.1) is 10.7 Å². The molecule has 1 N–H and O–H groups in total. The van der Waals surface area contributed by atoms with Crippen molar-refractivity contribution in [3.63, 3.8) is 0 Å². The zero-order chi connectivity index (χ0) is 16.7. The third-order valence-corrected chi connectivity index (χ3v) is 5.95. The van der Waals surface area contributed by atoms with E-state index in [-0.39, 0.29) is 5.91 Å². The van der Waals surface area contributed by atoms with Crippen molar-refractivity contribution in [2.24, 2.45) is 0 Å². The highest BCUT2D eigenvalue weighted by atomic mass is 79.9. The van der Waals surface area contributed by atoms with Crippen molar-refractivity contribution in [2.75, 3.05) is 18.5 Å². The fourth-order valence-corrected chi connectivity index (χ4v) is 4.33. The summed E-state index contributed by atoms with van der Waals surface area (Å²) in [7, 11) is 0. The van der Waals surface area contributed by atoms with Crippen molar-refractivity contribution in [1.29, 1.82) is 0 Å². The maximum Gasteiger partial charge on any atom is 0.267 e. The van der Waals surface area contributed by atoms with Gasteiger partial charge in [0.15, 0.2) is 11.5 Å². The second kappa shape index (κ2) is 6.27. The lowest BCUT2D eigenvalue weighted by Crippen LogP contribution is -2.16. The van der Waals surface area contributed by atoms with Gasteiger partial charge in [-0.25, -0.2) is 0 Å². The number of fused-ring (bicyclic) bond motifs is 2.